The summed E-state index contributed by atoms with van der Waals surface area (Å²) in [5.74, 6) is 0.638. The number of amides is 1. The van der Waals surface area contributed by atoms with Crippen molar-refractivity contribution >= 4 is 33.1 Å². The Morgan fingerprint density at radius 1 is 1.52 bits per heavy atom. The Hall–Kier alpha value is -2.48. The van der Waals surface area contributed by atoms with Crippen molar-refractivity contribution in [1.29, 1.82) is 0 Å². The van der Waals surface area contributed by atoms with E-state index in [1.54, 1.807) is 12.5 Å². The van der Waals surface area contributed by atoms with Crippen LogP contribution in [0.4, 0.5) is 5.69 Å². The van der Waals surface area contributed by atoms with Crippen LogP contribution in [0.1, 0.15) is 15.5 Å². The molecular formula is C13H14N6OS. The Labute approximate surface area is 124 Å². The lowest BCUT2D eigenvalue weighted by Crippen LogP contribution is -2.26. The van der Waals surface area contributed by atoms with Crippen molar-refractivity contribution in [3.8, 4) is 0 Å². The van der Waals surface area contributed by atoms with Crippen LogP contribution in [0.2, 0.25) is 0 Å². The summed E-state index contributed by atoms with van der Waals surface area (Å²) in [7, 11) is 1.87. The van der Waals surface area contributed by atoms with Gasteiger partial charge in [-0.1, -0.05) is 0 Å². The van der Waals surface area contributed by atoms with Gasteiger partial charge < -0.3 is 15.6 Å². The van der Waals surface area contributed by atoms with Gasteiger partial charge in [0.15, 0.2) is 0 Å². The number of hydrogen-bond donors (Lipinski definition) is 2. The number of aromatic nitrogens is 4. The Balaban J connectivity index is 1.70. The molecule has 0 saturated carbocycles. The molecule has 21 heavy (non-hydrogen) atoms. The molecule has 0 aliphatic carbocycles. The van der Waals surface area contributed by atoms with Crippen LogP contribution in [0, 0.1) is 0 Å². The molecule has 7 nitrogen and oxygen atoms in total. The van der Waals surface area contributed by atoms with Crippen molar-refractivity contribution in [2.45, 2.75) is 6.42 Å². The number of nitrogen functional groups attached to an aromatic ring is 1. The monoisotopic (exact) mass is 302 g/mol. The summed E-state index contributed by atoms with van der Waals surface area (Å²) >= 11 is 1.35. The lowest BCUT2D eigenvalue weighted by molar-refractivity contribution is 0.0959. The van der Waals surface area contributed by atoms with E-state index in [2.05, 4.69) is 20.5 Å². The molecule has 0 aromatic carbocycles. The van der Waals surface area contributed by atoms with Gasteiger partial charge in [0.25, 0.3) is 5.91 Å². The quantitative estimate of drug-likeness (QED) is 0.748. The van der Waals surface area contributed by atoms with Gasteiger partial charge in [0.1, 0.15) is 22.5 Å². The van der Waals surface area contributed by atoms with E-state index in [-0.39, 0.29) is 5.91 Å². The minimum absolute atomic E-state index is 0.183. The Morgan fingerprint density at radius 3 is 3.10 bits per heavy atom. The third kappa shape index (κ3) is 2.57. The van der Waals surface area contributed by atoms with E-state index in [9.17, 15) is 4.79 Å². The average molecular weight is 302 g/mol. The van der Waals surface area contributed by atoms with Gasteiger partial charge in [0, 0.05) is 26.2 Å². The van der Waals surface area contributed by atoms with Crippen LogP contribution >= 0.6 is 11.3 Å². The minimum atomic E-state index is -0.183. The number of rotatable bonds is 4. The zero-order valence-electron chi connectivity index (χ0n) is 11.4. The standard InChI is InChI=1S/C13H14N6OS/c1-19-7-17-18-9(19)4-6-16-13(20)12-10(14)11-8(21-12)3-2-5-15-11/h2-3,5,7H,4,6,14H2,1H3,(H,16,20). The molecule has 0 fully saturated rings. The molecule has 3 N–H and O–H groups in total. The first-order valence-corrected chi connectivity index (χ1v) is 7.22. The Morgan fingerprint density at radius 2 is 2.38 bits per heavy atom. The van der Waals surface area contributed by atoms with Crippen LogP contribution in [0.3, 0.4) is 0 Å². The van der Waals surface area contributed by atoms with Gasteiger partial charge >= 0.3 is 0 Å². The van der Waals surface area contributed by atoms with E-state index in [4.69, 9.17) is 5.73 Å². The third-order valence-corrected chi connectivity index (χ3v) is 4.29. The minimum Gasteiger partial charge on any atom is -0.396 e. The number of fused-ring (bicyclic) bond motifs is 1. The maximum Gasteiger partial charge on any atom is 0.263 e. The number of carbonyl (C=O) groups is 1. The predicted molar refractivity (Wildman–Crippen MR) is 81.1 cm³/mol. The summed E-state index contributed by atoms with van der Waals surface area (Å²) in [5.41, 5.74) is 7.11. The Bertz CT molecular complexity index is 793. The fourth-order valence-electron chi connectivity index (χ4n) is 2.02. The van der Waals surface area contributed by atoms with Crippen LogP contribution in [0.15, 0.2) is 24.7 Å². The molecule has 0 aliphatic rings. The molecule has 3 aromatic heterocycles. The summed E-state index contributed by atoms with van der Waals surface area (Å²) in [5, 5.41) is 10.6. The van der Waals surface area contributed by atoms with Crippen LogP contribution < -0.4 is 11.1 Å². The first kappa shape index (κ1) is 13.5. The number of nitrogens with one attached hydrogen (secondary N) is 1. The molecule has 0 unspecified atom stereocenters. The molecule has 8 heteroatoms. The van der Waals surface area contributed by atoms with Crippen LogP contribution in [0.25, 0.3) is 10.2 Å². The molecule has 0 spiro atoms. The zero-order valence-corrected chi connectivity index (χ0v) is 12.2. The van der Waals surface area contributed by atoms with Crippen molar-refractivity contribution < 1.29 is 4.79 Å². The largest absolute Gasteiger partial charge is 0.396 e. The van der Waals surface area contributed by atoms with Crippen LogP contribution in [0.5, 0.6) is 0 Å². The van der Waals surface area contributed by atoms with Crippen molar-refractivity contribution in [2.75, 3.05) is 12.3 Å². The first-order chi connectivity index (χ1) is 10.2. The molecule has 0 bridgehead atoms. The highest BCUT2D eigenvalue weighted by molar-refractivity contribution is 7.21. The van der Waals surface area contributed by atoms with Gasteiger partial charge in [-0.2, -0.15) is 0 Å². The molecule has 108 valence electrons. The molecule has 0 atom stereocenters. The second-order valence-electron chi connectivity index (χ2n) is 4.56. The molecule has 3 heterocycles. The topological polar surface area (TPSA) is 98.7 Å². The number of carbonyl (C=O) groups excluding carboxylic acids is 1. The predicted octanol–water partition coefficient (Wildman–Crippen LogP) is 0.979. The van der Waals surface area contributed by atoms with Gasteiger partial charge in [-0.25, -0.2) is 0 Å². The fourth-order valence-corrected chi connectivity index (χ4v) is 3.02. The highest BCUT2D eigenvalue weighted by atomic mass is 32.1. The van der Waals surface area contributed by atoms with Gasteiger partial charge in [-0.15, -0.1) is 21.5 Å². The second-order valence-corrected chi connectivity index (χ2v) is 5.61. The number of aryl methyl sites for hydroxylation is 1. The summed E-state index contributed by atoms with van der Waals surface area (Å²) in [6, 6.07) is 3.73. The molecule has 3 aromatic rings. The smallest absolute Gasteiger partial charge is 0.263 e. The third-order valence-electron chi connectivity index (χ3n) is 3.13. The van der Waals surface area contributed by atoms with E-state index in [1.807, 2.05) is 23.7 Å². The molecule has 0 radical (unpaired) electrons. The Kier molecular flexibility index (Phi) is 3.53. The van der Waals surface area contributed by atoms with Crippen molar-refractivity contribution in [3.05, 3.63) is 35.4 Å². The maximum atomic E-state index is 12.2. The molecule has 0 saturated heterocycles. The van der Waals surface area contributed by atoms with Crippen molar-refractivity contribution in [2.24, 2.45) is 7.05 Å². The van der Waals surface area contributed by atoms with Crippen LogP contribution in [-0.4, -0.2) is 32.2 Å². The summed E-state index contributed by atoms with van der Waals surface area (Å²) in [6.07, 6.45) is 3.92. The van der Waals surface area contributed by atoms with E-state index in [0.717, 1.165) is 10.5 Å². The first-order valence-electron chi connectivity index (χ1n) is 6.41. The number of thiophene rings is 1. The normalized spacial score (nSPS) is 10.9. The zero-order chi connectivity index (χ0) is 14.8. The molecule has 0 aliphatic heterocycles. The lowest BCUT2D eigenvalue weighted by atomic mass is 10.3. The number of nitrogens with two attached hydrogens (primary N) is 1. The number of anilines is 1. The average Bonchev–Trinajstić information content (AvgIpc) is 3.04. The number of nitrogens with zero attached hydrogens (tertiary/aromatic N) is 4. The van der Waals surface area contributed by atoms with Gasteiger partial charge in [0.2, 0.25) is 0 Å². The lowest BCUT2D eigenvalue weighted by Gasteiger charge is -2.04. The summed E-state index contributed by atoms with van der Waals surface area (Å²) in [4.78, 5) is 16.9. The summed E-state index contributed by atoms with van der Waals surface area (Å²) < 4.78 is 2.73. The molecule has 3 rings (SSSR count). The number of hydrogen-bond acceptors (Lipinski definition) is 6. The highest BCUT2D eigenvalue weighted by Crippen LogP contribution is 2.31. The van der Waals surface area contributed by atoms with E-state index >= 15 is 0 Å². The fraction of sp³-hybridized carbons (Fsp3) is 0.231. The van der Waals surface area contributed by atoms with E-state index in [0.29, 0.717) is 29.0 Å². The maximum absolute atomic E-state index is 12.2. The van der Waals surface area contributed by atoms with E-state index < -0.39 is 0 Å². The molecular weight excluding hydrogens is 288 g/mol. The van der Waals surface area contributed by atoms with Crippen LogP contribution in [-0.2, 0) is 13.5 Å². The summed E-state index contributed by atoms with van der Waals surface area (Å²) in [6.45, 7) is 0.479. The van der Waals surface area contributed by atoms with Gasteiger partial charge in [0.05, 0.1) is 10.4 Å². The SMILES string of the molecule is Cn1cnnc1CCNC(=O)c1sc2cccnc2c1N. The van der Waals surface area contributed by atoms with Gasteiger partial charge in [-0.05, 0) is 12.1 Å². The molecule has 1 amide bonds. The van der Waals surface area contributed by atoms with Crippen molar-refractivity contribution in [1.82, 2.24) is 25.1 Å². The highest BCUT2D eigenvalue weighted by Gasteiger charge is 2.16. The number of pyridine rings is 1. The van der Waals surface area contributed by atoms with Gasteiger partial charge in [-0.3, -0.25) is 9.78 Å². The van der Waals surface area contributed by atoms with E-state index in [1.165, 1.54) is 11.3 Å². The van der Waals surface area contributed by atoms with Crippen molar-refractivity contribution in [3.63, 3.8) is 0 Å². The second kappa shape index (κ2) is 5.49.